The first kappa shape index (κ1) is 18.6. The molecular formula is C20H24ClN5S. The maximum absolute atomic E-state index is 6.38. The first-order chi connectivity index (χ1) is 13.2. The molecule has 0 radical (unpaired) electrons. The van der Waals surface area contributed by atoms with Gasteiger partial charge in [-0.15, -0.1) is 11.3 Å². The summed E-state index contributed by atoms with van der Waals surface area (Å²) < 4.78 is 1.24. The Kier molecular flexibility index (Phi) is 5.88. The van der Waals surface area contributed by atoms with E-state index in [2.05, 4.69) is 56.7 Å². The van der Waals surface area contributed by atoms with Crippen LogP contribution in [0.2, 0.25) is 5.02 Å². The normalized spacial score (nSPS) is 18.1. The lowest BCUT2D eigenvalue weighted by atomic mass is 10.2. The van der Waals surface area contributed by atoms with Gasteiger partial charge in [0.1, 0.15) is 5.69 Å². The third-order valence-electron chi connectivity index (χ3n) is 4.95. The number of nitrogens with zero attached hydrogens (tertiary/aromatic N) is 3. The van der Waals surface area contributed by atoms with Gasteiger partial charge in [-0.2, -0.15) is 0 Å². The zero-order valence-corrected chi connectivity index (χ0v) is 17.0. The van der Waals surface area contributed by atoms with Crippen molar-refractivity contribution >= 4 is 39.0 Å². The Morgan fingerprint density at radius 3 is 3.11 bits per heavy atom. The minimum Gasteiger partial charge on any atom is -0.354 e. The van der Waals surface area contributed by atoms with Crippen LogP contribution in [0.3, 0.4) is 0 Å². The van der Waals surface area contributed by atoms with E-state index in [0.29, 0.717) is 17.0 Å². The summed E-state index contributed by atoms with van der Waals surface area (Å²) >= 11 is 8.08. The maximum atomic E-state index is 6.38. The van der Waals surface area contributed by atoms with Gasteiger partial charge < -0.3 is 10.6 Å². The van der Waals surface area contributed by atoms with Gasteiger partial charge in [-0.1, -0.05) is 29.8 Å². The Hall–Kier alpha value is -1.73. The fourth-order valence-corrected chi connectivity index (χ4v) is 4.74. The van der Waals surface area contributed by atoms with E-state index in [-0.39, 0.29) is 0 Å². The molecule has 0 amide bonds. The molecule has 1 aromatic carbocycles. The number of halogens is 1. The topological polar surface area (TPSA) is 53.1 Å². The molecule has 2 N–H and O–H groups in total. The molecule has 1 fully saturated rings. The molecule has 1 aliphatic rings. The molecule has 3 heterocycles. The van der Waals surface area contributed by atoms with Crippen molar-refractivity contribution in [2.75, 3.05) is 38.0 Å². The fourth-order valence-electron chi connectivity index (χ4n) is 3.42. The molecule has 0 bridgehead atoms. The second-order valence-electron chi connectivity index (χ2n) is 6.91. The van der Waals surface area contributed by atoms with Gasteiger partial charge in [-0.25, -0.2) is 9.97 Å². The fraction of sp³-hybridized carbons (Fsp3) is 0.400. The van der Waals surface area contributed by atoms with E-state index in [1.807, 2.05) is 6.07 Å². The summed E-state index contributed by atoms with van der Waals surface area (Å²) in [6, 6.07) is 11.1. The van der Waals surface area contributed by atoms with E-state index in [1.165, 1.54) is 10.1 Å². The lowest BCUT2D eigenvalue weighted by molar-refractivity contribution is 0.173. The van der Waals surface area contributed by atoms with Gasteiger partial charge in [0, 0.05) is 43.5 Å². The number of hydrogen-bond acceptors (Lipinski definition) is 6. The molecule has 0 unspecified atom stereocenters. The van der Waals surface area contributed by atoms with Crippen LogP contribution in [0, 0.1) is 0 Å². The molecule has 1 atom stereocenters. The largest absolute Gasteiger partial charge is 0.354 e. The summed E-state index contributed by atoms with van der Waals surface area (Å²) in [7, 11) is 0. The molecule has 27 heavy (non-hydrogen) atoms. The van der Waals surface area contributed by atoms with E-state index in [9.17, 15) is 0 Å². The summed E-state index contributed by atoms with van der Waals surface area (Å²) in [5.41, 5.74) is 0.797. The Labute approximate surface area is 168 Å². The zero-order valence-electron chi connectivity index (χ0n) is 15.4. The third-order valence-corrected chi connectivity index (χ3v) is 6.35. The van der Waals surface area contributed by atoms with E-state index in [1.54, 1.807) is 17.5 Å². The number of aromatic nitrogens is 2. The predicted octanol–water partition coefficient (Wildman–Crippen LogP) is 4.11. The summed E-state index contributed by atoms with van der Waals surface area (Å²) in [5, 5.41) is 8.58. The summed E-state index contributed by atoms with van der Waals surface area (Å²) in [6.07, 6.45) is 2.75. The van der Waals surface area contributed by atoms with Crippen molar-refractivity contribution in [1.29, 1.82) is 0 Å². The first-order valence-electron chi connectivity index (χ1n) is 9.41. The Bertz CT molecular complexity index is 879. The second kappa shape index (κ2) is 8.52. The van der Waals surface area contributed by atoms with E-state index < -0.39 is 0 Å². The van der Waals surface area contributed by atoms with Crippen LogP contribution < -0.4 is 10.6 Å². The van der Waals surface area contributed by atoms with Gasteiger partial charge in [0.25, 0.3) is 0 Å². The van der Waals surface area contributed by atoms with E-state index >= 15 is 0 Å². The van der Waals surface area contributed by atoms with Crippen molar-refractivity contribution in [3.63, 3.8) is 0 Å². The number of benzene rings is 1. The second-order valence-corrected chi connectivity index (χ2v) is 8.40. The van der Waals surface area contributed by atoms with Crippen LogP contribution >= 0.6 is 22.9 Å². The van der Waals surface area contributed by atoms with E-state index in [4.69, 9.17) is 11.6 Å². The highest BCUT2D eigenvalue weighted by atomic mass is 35.5. The van der Waals surface area contributed by atoms with Crippen molar-refractivity contribution in [3.05, 3.63) is 41.6 Å². The first-order valence-corrected chi connectivity index (χ1v) is 10.6. The summed E-state index contributed by atoms with van der Waals surface area (Å²) in [6.45, 7) is 7.49. The highest BCUT2D eigenvalue weighted by molar-refractivity contribution is 7.22. The van der Waals surface area contributed by atoms with Crippen LogP contribution in [0.5, 0.6) is 0 Å². The van der Waals surface area contributed by atoms with Crippen molar-refractivity contribution in [1.82, 2.24) is 20.2 Å². The minimum absolute atomic E-state index is 0.585. The number of thiophene rings is 1. The molecule has 3 aromatic rings. The van der Waals surface area contributed by atoms with Crippen molar-refractivity contribution in [3.8, 4) is 10.6 Å². The number of rotatable bonds is 6. The number of nitrogens with one attached hydrogen (secondary N) is 2. The summed E-state index contributed by atoms with van der Waals surface area (Å²) in [4.78, 5) is 12.6. The minimum atomic E-state index is 0.585. The lowest BCUT2D eigenvalue weighted by Gasteiger charge is -2.33. The molecule has 5 nitrogen and oxygen atoms in total. The van der Waals surface area contributed by atoms with Gasteiger partial charge >= 0.3 is 0 Å². The number of piperazine rings is 1. The zero-order chi connectivity index (χ0) is 18.6. The lowest BCUT2D eigenvalue weighted by Crippen LogP contribution is -2.50. The highest BCUT2D eigenvalue weighted by Gasteiger charge is 2.17. The predicted molar refractivity (Wildman–Crippen MR) is 115 cm³/mol. The monoisotopic (exact) mass is 401 g/mol. The van der Waals surface area contributed by atoms with Gasteiger partial charge in [0.05, 0.1) is 16.1 Å². The molecule has 2 aromatic heterocycles. The van der Waals surface area contributed by atoms with Crippen LogP contribution in [0.15, 0.2) is 36.5 Å². The third kappa shape index (κ3) is 4.41. The number of anilines is 1. The van der Waals surface area contributed by atoms with Crippen LogP contribution in [-0.2, 0) is 0 Å². The van der Waals surface area contributed by atoms with Gasteiger partial charge in [-0.05, 0) is 30.9 Å². The quantitative estimate of drug-likeness (QED) is 0.609. The van der Waals surface area contributed by atoms with Crippen molar-refractivity contribution in [2.24, 2.45) is 0 Å². The van der Waals surface area contributed by atoms with Gasteiger partial charge in [0.2, 0.25) is 5.95 Å². The van der Waals surface area contributed by atoms with E-state index in [0.717, 1.165) is 49.7 Å². The Morgan fingerprint density at radius 1 is 1.37 bits per heavy atom. The standard InChI is InChI=1S/C20H24ClN5S/c1-14-12-22-8-10-26(14)9-4-7-23-20-24-13-16(21)19(25-20)18-11-15-5-2-3-6-17(15)27-18/h2-3,5-6,11,13-14,22H,4,7-10,12H2,1H3,(H,23,24,25)/t14-/m1/s1. The average Bonchev–Trinajstić information content (AvgIpc) is 3.11. The Morgan fingerprint density at radius 2 is 2.26 bits per heavy atom. The molecular weight excluding hydrogens is 378 g/mol. The number of hydrogen-bond donors (Lipinski definition) is 2. The average molecular weight is 402 g/mol. The number of fused-ring (bicyclic) bond motifs is 1. The van der Waals surface area contributed by atoms with Crippen LogP contribution in [0.1, 0.15) is 13.3 Å². The molecule has 1 aliphatic heterocycles. The molecule has 7 heteroatoms. The maximum Gasteiger partial charge on any atom is 0.223 e. The van der Waals surface area contributed by atoms with Gasteiger partial charge in [-0.3, -0.25) is 4.90 Å². The van der Waals surface area contributed by atoms with Gasteiger partial charge in [0.15, 0.2) is 0 Å². The molecule has 0 spiro atoms. The molecule has 1 saturated heterocycles. The molecule has 0 aliphatic carbocycles. The van der Waals surface area contributed by atoms with Crippen molar-refractivity contribution in [2.45, 2.75) is 19.4 Å². The summed E-state index contributed by atoms with van der Waals surface area (Å²) in [5.74, 6) is 0.639. The molecule has 0 saturated carbocycles. The van der Waals surface area contributed by atoms with Crippen LogP contribution in [-0.4, -0.2) is 53.6 Å². The van der Waals surface area contributed by atoms with Crippen LogP contribution in [0.25, 0.3) is 20.7 Å². The Balaban J connectivity index is 1.40. The highest BCUT2D eigenvalue weighted by Crippen LogP contribution is 2.35. The molecule has 4 rings (SSSR count). The van der Waals surface area contributed by atoms with Crippen molar-refractivity contribution < 1.29 is 0 Å². The smallest absolute Gasteiger partial charge is 0.223 e. The molecule has 142 valence electrons. The van der Waals surface area contributed by atoms with Crippen LogP contribution in [0.4, 0.5) is 5.95 Å². The SMILES string of the molecule is C[C@@H]1CNCCN1CCCNc1ncc(Cl)c(-c2cc3ccccc3s2)n1.